The third kappa shape index (κ3) is 4.58. The van der Waals surface area contributed by atoms with Crippen LogP contribution in [-0.4, -0.2) is 29.5 Å². The quantitative estimate of drug-likeness (QED) is 0.668. The maximum Gasteiger partial charge on any atom is 0.0899 e. The van der Waals surface area contributed by atoms with E-state index in [9.17, 15) is 0 Å². The third-order valence-corrected chi connectivity index (χ3v) is 3.11. The van der Waals surface area contributed by atoms with Gasteiger partial charge >= 0.3 is 0 Å². The molecule has 0 aliphatic heterocycles. The Morgan fingerprint density at radius 3 is 2.15 bits per heavy atom. The maximum absolute atomic E-state index is 5.59. The third-order valence-electron chi connectivity index (χ3n) is 2.77. The van der Waals surface area contributed by atoms with Crippen LogP contribution in [0.4, 0.5) is 0 Å². The van der Waals surface area contributed by atoms with Crippen molar-refractivity contribution in [2.24, 2.45) is 11.7 Å². The van der Waals surface area contributed by atoms with Gasteiger partial charge in [0.05, 0.1) is 11.0 Å². The number of hydrogen-bond donors (Lipinski definition) is 1. The van der Waals surface area contributed by atoms with E-state index in [1.807, 2.05) is 0 Å². The van der Waals surface area contributed by atoms with Gasteiger partial charge in [-0.15, -0.1) is 0 Å². The lowest BCUT2D eigenvalue weighted by molar-refractivity contribution is 0.251. The van der Waals surface area contributed by atoms with Crippen molar-refractivity contribution in [2.75, 3.05) is 13.6 Å². The Hall–Kier alpha value is -0.150. The first-order chi connectivity index (χ1) is 6.02. The van der Waals surface area contributed by atoms with E-state index < -0.39 is 0 Å². The highest BCUT2D eigenvalue weighted by Crippen LogP contribution is 2.10. The van der Waals surface area contributed by atoms with E-state index in [1.165, 1.54) is 12.8 Å². The Kier molecular flexibility index (Phi) is 6.25. The number of likely N-dealkylation sites (N-methyl/N-ethyl adjacent to an activating group) is 1. The van der Waals surface area contributed by atoms with Gasteiger partial charge in [0.1, 0.15) is 0 Å². The summed E-state index contributed by atoms with van der Waals surface area (Å²) in [5.41, 5.74) is 5.59. The molecule has 2 N–H and O–H groups in total. The molecule has 0 spiro atoms. The van der Waals surface area contributed by atoms with Crippen molar-refractivity contribution in [3.8, 4) is 0 Å². The monoisotopic (exact) mass is 202 g/mol. The SMILES string of the molecule is CCC(CC)CN(C)C(C)C(N)=S. The number of rotatable bonds is 6. The van der Waals surface area contributed by atoms with Crippen molar-refractivity contribution in [1.82, 2.24) is 4.90 Å². The van der Waals surface area contributed by atoms with E-state index in [0.29, 0.717) is 4.99 Å². The van der Waals surface area contributed by atoms with Gasteiger partial charge in [0, 0.05) is 6.54 Å². The lowest BCUT2D eigenvalue weighted by Crippen LogP contribution is -2.41. The highest BCUT2D eigenvalue weighted by Gasteiger charge is 2.14. The van der Waals surface area contributed by atoms with Gasteiger partial charge in [-0.25, -0.2) is 0 Å². The van der Waals surface area contributed by atoms with Crippen molar-refractivity contribution >= 4 is 17.2 Å². The molecule has 0 radical (unpaired) electrons. The van der Waals surface area contributed by atoms with Gasteiger partial charge < -0.3 is 5.73 Å². The van der Waals surface area contributed by atoms with Gasteiger partial charge in [-0.3, -0.25) is 4.90 Å². The standard InChI is InChI=1S/C10H22N2S/c1-5-9(6-2)7-12(4)8(3)10(11)13/h8-9H,5-7H2,1-4H3,(H2,11,13). The predicted molar refractivity (Wildman–Crippen MR) is 62.9 cm³/mol. The molecule has 1 unspecified atom stereocenters. The van der Waals surface area contributed by atoms with E-state index in [2.05, 4.69) is 32.7 Å². The summed E-state index contributed by atoms with van der Waals surface area (Å²) in [4.78, 5) is 2.83. The Morgan fingerprint density at radius 1 is 1.38 bits per heavy atom. The van der Waals surface area contributed by atoms with E-state index in [4.69, 9.17) is 18.0 Å². The minimum absolute atomic E-state index is 0.218. The summed E-state index contributed by atoms with van der Waals surface area (Å²) in [6.07, 6.45) is 2.45. The van der Waals surface area contributed by atoms with Crippen LogP contribution < -0.4 is 5.73 Å². The molecule has 0 aromatic rings. The molecule has 0 saturated carbocycles. The smallest absolute Gasteiger partial charge is 0.0899 e. The first kappa shape index (κ1) is 12.8. The Bertz CT molecular complexity index is 155. The molecule has 0 rings (SSSR count). The summed E-state index contributed by atoms with van der Waals surface area (Å²) in [5, 5.41) is 0. The van der Waals surface area contributed by atoms with Crippen LogP contribution in [0.15, 0.2) is 0 Å². The summed E-state index contributed by atoms with van der Waals surface area (Å²) in [6, 6.07) is 0.218. The normalized spacial score (nSPS) is 13.7. The average molecular weight is 202 g/mol. The van der Waals surface area contributed by atoms with E-state index in [0.717, 1.165) is 12.5 Å². The number of nitrogens with zero attached hydrogens (tertiary/aromatic N) is 1. The van der Waals surface area contributed by atoms with Gasteiger partial charge in [-0.05, 0) is 19.9 Å². The first-order valence-electron chi connectivity index (χ1n) is 5.02. The molecule has 0 aliphatic rings. The van der Waals surface area contributed by atoms with Crippen LogP contribution >= 0.6 is 12.2 Å². The first-order valence-corrected chi connectivity index (χ1v) is 5.43. The fourth-order valence-corrected chi connectivity index (χ4v) is 1.51. The minimum Gasteiger partial charge on any atom is -0.392 e. The van der Waals surface area contributed by atoms with Crippen LogP contribution in [0, 0.1) is 5.92 Å². The van der Waals surface area contributed by atoms with Crippen molar-refractivity contribution in [3.05, 3.63) is 0 Å². The molecule has 78 valence electrons. The molecule has 0 bridgehead atoms. The van der Waals surface area contributed by atoms with E-state index in [-0.39, 0.29) is 6.04 Å². The second-order valence-electron chi connectivity index (χ2n) is 3.70. The lowest BCUT2D eigenvalue weighted by atomic mass is 10.0. The predicted octanol–water partition coefficient (Wildman–Crippen LogP) is 2.03. The van der Waals surface area contributed by atoms with Gasteiger partial charge in [0.15, 0.2) is 0 Å². The average Bonchev–Trinajstić information content (AvgIpc) is 2.12. The number of hydrogen-bond acceptors (Lipinski definition) is 2. The molecular formula is C10H22N2S. The zero-order valence-electron chi connectivity index (χ0n) is 9.21. The lowest BCUT2D eigenvalue weighted by Gasteiger charge is -2.27. The second kappa shape index (κ2) is 6.33. The van der Waals surface area contributed by atoms with Crippen molar-refractivity contribution in [1.29, 1.82) is 0 Å². The van der Waals surface area contributed by atoms with Crippen LogP contribution in [0.3, 0.4) is 0 Å². The zero-order chi connectivity index (χ0) is 10.4. The highest BCUT2D eigenvalue weighted by molar-refractivity contribution is 7.80. The Balaban J connectivity index is 3.97. The van der Waals surface area contributed by atoms with Crippen molar-refractivity contribution in [3.63, 3.8) is 0 Å². The largest absolute Gasteiger partial charge is 0.392 e. The summed E-state index contributed by atoms with van der Waals surface area (Å²) in [6.45, 7) is 7.61. The van der Waals surface area contributed by atoms with Crippen LogP contribution in [0.2, 0.25) is 0 Å². The molecule has 2 nitrogen and oxygen atoms in total. The summed E-state index contributed by atoms with van der Waals surface area (Å²) < 4.78 is 0. The summed E-state index contributed by atoms with van der Waals surface area (Å²) in [7, 11) is 2.09. The van der Waals surface area contributed by atoms with Gasteiger partial charge in [0.25, 0.3) is 0 Å². The van der Waals surface area contributed by atoms with Crippen molar-refractivity contribution < 1.29 is 0 Å². The Morgan fingerprint density at radius 2 is 1.85 bits per heavy atom. The van der Waals surface area contributed by atoms with Crippen LogP contribution in [0.25, 0.3) is 0 Å². The second-order valence-corrected chi connectivity index (χ2v) is 4.17. The van der Waals surface area contributed by atoms with E-state index in [1.54, 1.807) is 0 Å². The van der Waals surface area contributed by atoms with Gasteiger partial charge in [0.2, 0.25) is 0 Å². The van der Waals surface area contributed by atoms with E-state index >= 15 is 0 Å². The van der Waals surface area contributed by atoms with Crippen LogP contribution in [-0.2, 0) is 0 Å². The molecule has 0 heterocycles. The maximum atomic E-state index is 5.59. The molecule has 0 aliphatic carbocycles. The molecule has 3 heteroatoms. The van der Waals surface area contributed by atoms with Gasteiger partial charge in [-0.2, -0.15) is 0 Å². The molecule has 13 heavy (non-hydrogen) atoms. The molecule has 0 amide bonds. The van der Waals surface area contributed by atoms with Crippen molar-refractivity contribution in [2.45, 2.75) is 39.7 Å². The summed E-state index contributed by atoms with van der Waals surface area (Å²) in [5.74, 6) is 0.766. The molecule has 0 saturated heterocycles. The van der Waals surface area contributed by atoms with Crippen LogP contribution in [0.1, 0.15) is 33.6 Å². The molecular weight excluding hydrogens is 180 g/mol. The molecule has 0 aromatic carbocycles. The number of nitrogens with two attached hydrogens (primary N) is 1. The fraction of sp³-hybridized carbons (Fsp3) is 0.900. The molecule has 0 aromatic heterocycles. The molecule has 0 fully saturated rings. The van der Waals surface area contributed by atoms with Gasteiger partial charge in [-0.1, -0.05) is 38.9 Å². The molecule has 1 atom stereocenters. The minimum atomic E-state index is 0.218. The highest BCUT2D eigenvalue weighted by atomic mass is 32.1. The number of thiocarbonyl (C=S) groups is 1. The van der Waals surface area contributed by atoms with Crippen LogP contribution in [0.5, 0.6) is 0 Å². The fourth-order valence-electron chi connectivity index (χ4n) is 1.33. The summed E-state index contributed by atoms with van der Waals surface area (Å²) >= 11 is 4.96. The zero-order valence-corrected chi connectivity index (χ0v) is 10.0. The Labute approximate surface area is 87.5 Å². The topological polar surface area (TPSA) is 29.3 Å².